The molecule has 0 aromatic carbocycles. The second kappa shape index (κ2) is 6.66. The van der Waals surface area contributed by atoms with Crippen LogP contribution in [0.25, 0.3) is 0 Å². The maximum Gasteiger partial charge on any atom is 0.0870 e. The van der Waals surface area contributed by atoms with E-state index in [9.17, 15) is 5.11 Å². The number of hydrogen-bond acceptors (Lipinski definition) is 2. The fourth-order valence-electron chi connectivity index (χ4n) is 4.84. The third kappa shape index (κ3) is 3.60. The minimum atomic E-state index is -0.0944. The average molecular weight is 290 g/mol. The van der Waals surface area contributed by atoms with E-state index in [2.05, 4.69) is 19.2 Å². The van der Waals surface area contributed by atoms with Crippen molar-refractivity contribution in [1.82, 2.24) is 0 Å². The zero-order chi connectivity index (χ0) is 14.8. The van der Waals surface area contributed by atoms with Crippen molar-refractivity contribution in [3.8, 4) is 0 Å². The predicted molar refractivity (Wildman–Crippen MR) is 86.0 cm³/mol. The van der Waals surface area contributed by atoms with Gasteiger partial charge >= 0.3 is 0 Å². The van der Waals surface area contributed by atoms with Gasteiger partial charge in [0.25, 0.3) is 0 Å². The van der Waals surface area contributed by atoms with E-state index in [0.29, 0.717) is 24.0 Å². The standard InChI is InChI=1S/C19H30O2/c1-3-5-13-7-8-17(20)15(9-13)12-16-10-14(6-4-2)11-18-19(16)21-18/h3-4,13-20H,1-2,5-12H2. The van der Waals surface area contributed by atoms with Gasteiger partial charge in [-0.05, 0) is 75.0 Å². The van der Waals surface area contributed by atoms with Gasteiger partial charge in [-0.3, -0.25) is 0 Å². The minimum Gasteiger partial charge on any atom is -0.393 e. The Morgan fingerprint density at radius 1 is 0.952 bits per heavy atom. The number of epoxide rings is 1. The number of fused-ring (bicyclic) bond motifs is 1. The van der Waals surface area contributed by atoms with E-state index >= 15 is 0 Å². The molecule has 7 unspecified atom stereocenters. The summed E-state index contributed by atoms with van der Waals surface area (Å²) in [6.07, 6.45) is 14.2. The fourth-order valence-corrected chi connectivity index (χ4v) is 4.84. The number of aliphatic hydroxyl groups excluding tert-OH is 1. The van der Waals surface area contributed by atoms with E-state index < -0.39 is 0 Å². The van der Waals surface area contributed by atoms with Crippen LogP contribution >= 0.6 is 0 Å². The molecule has 2 nitrogen and oxygen atoms in total. The van der Waals surface area contributed by atoms with E-state index in [0.717, 1.165) is 43.9 Å². The second-order valence-corrected chi connectivity index (χ2v) is 7.53. The Balaban J connectivity index is 1.56. The molecule has 0 aromatic rings. The van der Waals surface area contributed by atoms with E-state index in [1.807, 2.05) is 6.08 Å². The first-order chi connectivity index (χ1) is 10.2. The molecule has 3 fully saturated rings. The number of rotatable bonds is 6. The smallest absolute Gasteiger partial charge is 0.0870 e. The van der Waals surface area contributed by atoms with Crippen molar-refractivity contribution >= 4 is 0 Å². The van der Waals surface area contributed by atoms with Gasteiger partial charge in [0.2, 0.25) is 0 Å². The molecule has 1 heterocycles. The number of aliphatic hydroxyl groups is 1. The van der Waals surface area contributed by atoms with E-state index in [4.69, 9.17) is 4.74 Å². The first-order valence-corrected chi connectivity index (χ1v) is 8.76. The van der Waals surface area contributed by atoms with Gasteiger partial charge in [-0.25, -0.2) is 0 Å². The zero-order valence-electron chi connectivity index (χ0n) is 13.1. The molecule has 7 atom stereocenters. The van der Waals surface area contributed by atoms with Crippen LogP contribution in [0.2, 0.25) is 0 Å². The van der Waals surface area contributed by atoms with Crippen LogP contribution in [0.4, 0.5) is 0 Å². The van der Waals surface area contributed by atoms with Gasteiger partial charge in [0.15, 0.2) is 0 Å². The van der Waals surface area contributed by atoms with Gasteiger partial charge in [0, 0.05) is 0 Å². The molecule has 3 rings (SSSR count). The fraction of sp³-hybridized carbons (Fsp3) is 0.789. The van der Waals surface area contributed by atoms with Crippen molar-refractivity contribution in [3.63, 3.8) is 0 Å². The Hall–Kier alpha value is -0.600. The van der Waals surface area contributed by atoms with Crippen LogP contribution in [-0.4, -0.2) is 23.4 Å². The van der Waals surface area contributed by atoms with Gasteiger partial charge in [-0.1, -0.05) is 12.2 Å². The largest absolute Gasteiger partial charge is 0.393 e. The van der Waals surface area contributed by atoms with Crippen molar-refractivity contribution in [3.05, 3.63) is 25.3 Å². The Morgan fingerprint density at radius 3 is 2.43 bits per heavy atom. The summed E-state index contributed by atoms with van der Waals surface area (Å²) >= 11 is 0. The van der Waals surface area contributed by atoms with Crippen molar-refractivity contribution in [2.24, 2.45) is 23.7 Å². The summed E-state index contributed by atoms with van der Waals surface area (Å²) in [5.41, 5.74) is 0. The summed E-state index contributed by atoms with van der Waals surface area (Å²) < 4.78 is 5.89. The molecular formula is C19H30O2. The molecule has 0 bridgehead atoms. The molecule has 0 spiro atoms. The van der Waals surface area contributed by atoms with Gasteiger partial charge in [-0.15, -0.1) is 13.2 Å². The van der Waals surface area contributed by atoms with Crippen molar-refractivity contribution in [1.29, 1.82) is 0 Å². The molecule has 0 amide bonds. The lowest BCUT2D eigenvalue weighted by Gasteiger charge is -2.36. The maximum absolute atomic E-state index is 10.4. The molecule has 1 saturated heterocycles. The lowest BCUT2D eigenvalue weighted by molar-refractivity contribution is 0.0302. The lowest BCUT2D eigenvalue weighted by atomic mass is 9.70. The molecule has 2 aliphatic carbocycles. The van der Waals surface area contributed by atoms with Crippen LogP contribution in [0, 0.1) is 23.7 Å². The van der Waals surface area contributed by atoms with Gasteiger partial charge < -0.3 is 9.84 Å². The van der Waals surface area contributed by atoms with E-state index in [-0.39, 0.29) is 6.10 Å². The molecule has 21 heavy (non-hydrogen) atoms. The van der Waals surface area contributed by atoms with Crippen LogP contribution in [0.3, 0.4) is 0 Å². The molecule has 2 heteroatoms. The highest BCUT2D eigenvalue weighted by molar-refractivity contribution is 5.00. The highest BCUT2D eigenvalue weighted by atomic mass is 16.6. The van der Waals surface area contributed by atoms with Crippen LogP contribution in [0.15, 0.2) is 25.3 Å². The highest BCUT2D eigenvalue weighted by Crippen LogP contribution is 2.48. The SMILES string of the molecule is C=CCC1CCC(O)C(CC2CC(CC=C)CC3OC23)C1. The summed E-state index contributed by atoms with van der Waals surface area (Å²) in [6.45, 7) is 7.76. The summed E-state index contributed by atoms with van der Waals surface area (Å²) in [5.74, 6) is 2.62. The third-order valence-electron chi connectivity index (χ3n) is 5.94. The Kier molecular flexibility index (Phi) is 4.85. The normalized spacial score (nSPS) is 45.7. The Bertz CT molecular complexity index is 372. The first-order valence-electron chi connectivity index (χ1n) is 8.76. The third-order valence-corrected chi connectivity index (χ3v) is 5.94. The molecular weight excluding hydrogens is 260 g/mol. The second-order valence-electron chi connectivity index (χ2n) is 7.53. The van der Waals surface area contributed by atoms with Crippen molar-refractivity contribution in [2.75, 3.05) is 0 Å². The van der Waals surface area contributed by atoms with Gasteiger partial charge in [0.1, 0.15) is 0 Å². The van der Waals surface area contributed by atoms with Crippen LogP contribution < -0.4 is 0 Å². The molecule has 3 aliphatic rings. The number of ether oxygens (including phenoxy) is 1. The average Bonchev–Trinajstić information content (AvgIpc) is 3.23. The number of hydrogen-bond donors (Lipinski definition) is 1. The minimum absolute atomic E-state index is 0.0944. The molecule has 2 saturated carbocycles. The van der Waals surface area contributed by atoms with Crippen LogP contribution in [-0.2, 0) is 4.74 Å². The lowest BCUT2D eigenvalue weighted by Crippen LogP contribution is -2.33. The van der Waals surface area contributed by atoms with E-state index in [1.165, 1.54) is 19.3 Å². The van der Waals surface area contributed by atoms with Crippen molar-refractivity contribution < 1.29 is 9.84 Å². The number of allylic oxidation sites excluding steroid dienone is 2. The first kappa shape index (κ1) is 15.3. The monoisotopic (exact) mass is 290 g/mol. The van der Waals surface area contributed by atoms with Crippen LogP contribution in [0.5, 0.6) is 0 Å². The summed E-state index contributed by atoms with van der Waals surface area (Å²) in [4.78, 5) is 0. The molecule has 1 N–H and O–H groups in total. The van der Waals surface area contributed by atoms with Crippen LogP contribution in [0.1, 0.15) is 51.4 Å². The molecule has 1 aliphatic heterocycles. The molecule has 118 valence electrons. The van der Waals surface area contributed by atoms with Crippen molar-refractivity contribution in [2.45, 2.75) is 69.7 Å². The summed E-state index contributed by atoms with van der Waals surface area (Å²) in [5, 5.41) is 10.4. The molecule has 0 aromatic heterocycles. The quantitative estimate of drug-likeness (QED) is 0.590. The predicted octanol–water partition coefficient (Wildman–Crippen LogP) is 4.10. The zero-order valence-corrected chi connectivity index (χ0v) is 13.1. The summed E-state index contributed by atoms with van der Waals surface area (Å²) in [6, 6.07) is 0. The Morgan fingerprint density at radius 2 is 1.67 bits per heavy atom. The Labute approximate surface area is 129 Å². The summed E-state index contributed by atoms with van der Waals surface area (Å²) in [7, 11) is 0. The van der Waals surface area contributed by atoms with Gasteiger partial charge in [0.05, 0.1) is 18.3 Å². The molecule has 0 radical (unpaired) electrons. The highest BCUT2D eigenvalue weighted by Gasteiger charge is 2.50. The maximum atomic E-state index is 10.4. The van der Waals surface area contributed by atoms with Gasteiger partial charge in [-0.2, -0.15) is 0 Å². The topological polar surface area (TPSA) is 32.8 Å². The van der Waals surface area contributed by atoms with E-state index in [1.54, 1.807) is 0 Å².